The Balaban J connectivity index is 2.40. The van der Waals surface area contributed by atoms with Crippen LogP contribution in [-0.4, -0.2) is 19.7 Å². The van der Waals surface area contributed by atoms with Gasteiger partial charge in [-0.3, -0.25) is 0 Å². The lowest BCUT2D eigenvalue weighted by atomic mass is 10.2. The molecule has 0 atom stereocenters. The summed E-state index contributed by atoms with van der Waals surface area (Å²) in [4.78, 5) is 4.27. The molecule has 1 aromatic heterocycles. The minimum absolute atomic E-state index is 0.177. The lowest BCUT2D eigenvalue weighted by Crippen LogP contribution is -1.99. The van der Waals surface area contributed by atoms with E-state index >= 15 is 0 Å². The van der Waals surface area contributed by atoms with Crippen LogP contribution in [0.1, 0.15) is 11.1 Å². The zero-order chi connectivity index (χ0) is 15.6. The Hall–Kier alpha value is -1.91. The van der Waals surface area contributed by atoms with Crippen LogP contribution in [0.25, 0.3) is 0 Å². The van der Waals surface area contributed by atoms with E-state index in [0.29, 0.717) is 15.8 Å². The van der Waals surface area contributed by atoms with Crippen molar-refractivity contribution in [1.29, 1.82) is 5.26 Å². The van der Waals surface area contributed by atoms with Crippen LogP contribution >= 0.6 is 15.9 Å². The van der Waals surface area contributed by atoms with Crippen LogP contribution in [0.2, 0.25) is 0 Å². The maximum atomic E-state index is 11.5. The number of ether oxygens (including phenoxy) is 1. The number of aryl methyl sites for hydroxylation is 1. The average Bonchev–Trinajstić information content (AvgIpc) is 2.41. The summed E-state index contributed by atoms with van der Waals surface area (Å²) in [5.41, 5.74) is 0.933. The number of sulfone groups is 1. The molecule has 0 fully saturated rings. The Labute approximate surface area is 131 Å². The van der Waals surface area contributed by atoms with Crippen molar-refractivity contribution >= 4 is 25.8 Å². The molecular weight excluding hydrogens is 356 g/mol. The van der Waals surface area contributed by atoms with E-state index in [9.17, 15) is 8.42 Å². The molecule has 5 nitrogen and oxygen atoms in total. The first-order valence-electron chi connectivity index (χ1n) is 5.85. The van der Waals surface area contributed by atoms with Crippen molar-refractivity contribution in [2.24, 2.45) is 0 Å². The SMILES string of the molecule is Cc1cc(S(C)(=O)=O)ccc1Oc1ncc(Br)cc1C#N. The molecule has 1 heterocycles. The predicted molar refractivity (Wildman–Crippen MR) is 81.0 cm³/mol. The summed E-state index contributed by atoms with van der Waals surface area (Å²) in [6.07, 6.45) is 2.67. The van der Waals surface area contributed by atoms with Crippen molar-refractivity contribution in [3.63, 3.8) is 0 Å². The van der Waals surface area contributed by atoms with Gasteiger partial charge < -0.3 is 4.74 Å². The minimum atomic E-state index is -3.26. The van der Waals surface area contributed by atoms with E-state index in [1.54, 1.807) is 19.1 Å². The smallest absolute Gasteiger partial charge is 0.237 e. The molecule has 0 aliphatic carbocycles. The van der Waals surface area contributed by atoms with Gasteiger partial charge in [-0.15, -0.1) is 0 Å². The zero-order valence-electron chi connectivity index (χ0n) is 11.3. The molecule has 0 aliphatic rings. The molecule has 0 amide bonds. The van der Waals surface area contributed by atoms with Gasteiger partial charge in [0.2, 0.25) is 5.88 Å². The molecule has 0 N–H and O–H groups in total. The quantitative estimate of drug-likeness (QED) is 0.832. The molecule has 0 aliphatic heterocycles. The first-order valence-corrected chi connectivity index (χ1v) is 8.54. The molecule has 0 radical (unpaired) electrons. The predicted octanol–water partition coefficient (Wildman–Crippen LogP) is 3.22. The van der Waals surface area contributed by atoms with Gasteiger partial charge in [-0.2, -0.15) is 5.26 Å². The van der Waals surface area contributed by atoms with Crippen molar-refractivity contribution in [1.82, 2.24) is 4.98 Å². The van der Waals surface area contributed by atoms with E-state index in [4.69, 9.17) is 10.00 Å². The summed E-state index contributed by atoms with van der Waals surface area (Å²) in [5.74, 6) is 0.629. The molecular formula is C14H11BrN2O3S. The van der Waals surface area contributed by atoms with E-state index < -0.39 is 9.84 Å². The van der Waals surface area contributed by atoms with E-state index in [1.165, 1.54) is 18.3 Å². The largest absolute Gasteiger partial charge is 0.437 e. The fraction of sp³-hybridized carbons (Fsp3) is 0.143. The summed E-state index contributed by atoms with van der Waals surface area (Å²) < 4.78 is 29.3. The van der Waals surface area contributed by atoms with Gasteiger partial charge in [-0.25, -0.2) is 13.4 Å². The van der Waals surface area contributed by atoms with Crippen LogP contribution in [0, 0.1) is 18.3 Å². The molecule has 1 aromatic carbocycles. The number of aromatic nitrogens is 1. The van der Waals surface area contributed by atoms with Gasteiger partial charge in [0, 0.05) is 16.9 Å². The lowest BCUT2D eigenvalue weighted by Gasteiger charge is -2.10. The summed E-state index contributed by atoms with van der Waals surface area (Å²) in [5, 5.41) is 9.07. The number of nitriles is 1. The van der Waals surface area contributed by atoms with E-state index in [1.807, 2.05) is 6.07 Å². The number of halogens is 1. The van der Waals surface area contributed by atoms with Gasteiger partial charge in [0.05, 0.1) is 4.90 Å². The molecule has 0 bridgehead atoms. The highest BCUT2D eigenvalue weighted by molar-refractivity contribution is 9.10. The van der Waals surface area contributed by atoms with Gasteiger partial charge in [0.1, 0.15) is 17.4 Å². The van der Waals surface area contributed by atoms with Gasteiger partial charge in [-0.05, 0) is 52.7 Å². The number of rotatable bonds is 3. The van der Waals surface area contributed by atoms with Crippen LogP contribution in [0.5, 0.6) is 11.6 Å². The van der Waals surface area contributed by atoms with E-state index in [0.717, 1.165) is 6.26 Å². The molecule has 108 valence electrons. The van der Waals surface area contributed by atoms with E-state index in [2.05, 4.69) is 20.9 Å². The number of hydrogen-bond acceptors (Lipinski definition) is 5. The normalized spacial score (nSPS) is 11.0. The second-order valence-electron chi connectivity index (χ2n) is 4.42. The minimum Gasteiger partial charge on any atom is -0.437 e. The molecule has 0 saturated carbocycles. The topological polar surface area (TPSA) is 80.1 Å². The van der Waals surface area contributed by atoms with Crippen LogP contribution < -0.4 is 4.74 Å². The monoisotopic (exact) mass is 366 g/mol. The summed E-state index contributed by atoms with van der Waals surface area (Å²) in [6.45, 7) is 1.73. The highest BCUT2D eigenvalue weighted by Gasteiger charge is 2.12. The Morgan fingerprint density at radius 1 is 1.33 bits per heavy atom. The van der Waals surface area contributed by atoms with Crippen LogP contribution in [0.3, 0.4) is 0 Å². The summed E-state index contributed by atoms with van der Waals surface area (Å²) in [6, 6.07) is 8.13. The number of hydrogen-bond donors (Lipinski definition) is 0. The first-order chi connectivity index (χ1) is 9.81. The molecule has 0 spiro atoms. The van der Waals surface area contributed by atoms with Crippen LogP contribution in [-0.2, 0) is 9.84 Å². The van der Waals surface area contributed by atoms with Crippen molar-refractivity contribution in [3.8, 4) is 17.7 Å². The number of pyridine rings is 1. The fourth-order valence-electron chi connectivity index (χ4n) is 1.66. The van der Waals surface area contributed by atoms with Crippen molar-refractivity contribution in [2.75, 3.05) is 6.26 Å². The summed E-state index contributed by atoms with van der Waals surface area (Å²) in [7, 11) is -3.26. The Bertz CT molecular complexity index is 842. The average molecular weight is 367 g/mol. The first kappa shape index (κ1) is 15.5. The second kappa shape index (κ2) is 5.84. The third-order valence-corrected chi connectivity index (χ3v) is 4.26. The molecule has 7 heteroatoms. The maximum Gasteiger partial charge on any atom is 0.237 e. The number of benzene rings is 1. The van der Waals surface area contributed by atoms with Crippen LogP contribution in [0.4, 0.5) is 0 Å². The lowest BCUT2D eigenvalue weighted by molar-refractivity contribution is 0.457. The third-order valence-electron chi connectivity index (χ3n) is 2.72. The van der Waals surface area contributed by atoms with Crippen LogP contribution in [0.15, 0.2) is 39.8 Å². The van der Waals surface area contributed by atoms with Crippen molar-refractivity contribution < 1.29 is 13.2 Å². The molecule has 21 heavy (non-hydrogen) atoms. The molecule has 0 saturated heterocycles. The van der Waals surface area contributed by atoms with Gasteiger partial charge in [0.25, 0.3) is 0 Å². The van der Waals surface area contributed by atoms with Gasteiger partial charge in [-0.1, -0.05) is 0 Å². The molecule has 0 unspecified atom stereocenters. The summed E-state index contributed by atoms with van der Waals surface area (Å²) >= 11 is 3.23. The zero-order valence-corrected chi connectivity index (χ0v) is 13.7. The van der Waals surface area contributed by atoms with Gasteiger partial charge >= 0.3 is 0 Å². The Morgan fingerprint density at radius 3 is 2.62 bits per heavy atom. The molecule has 2 rings (SSSR count). The highest BCUT2D eigenvalue weighted by Crippen LogP contribution is 2.28. The van der Waals surface area contributed by atoms with Gasteiger partial charge in [0.15, 0.2) is 9.84 Å². The van der Waals surface area contributed by atoms with Crippen molar-refractivity contribution in [2.45, 2.75) is 11.8 Å². The standard InChI is InChI=1S/C14H11BrN2O3S/c1-9-5-12(21(2,18)19)3-4-13(9)20-14-10(7-16)6-11(15)8-17-14/h3-6,8H,1-2H3. The third kappa shape index (κ3) is 3.60. The Kier molecular flexibility index (Phi) is 4.30. The number of nitrogens with zero attached hydrogens (tertiary/aromatic N) is 2. The van der Waals surface area contributed by atoms with E-state index in [-0.39, 0.29) is 16.3 Å². The highest BCUT2D eigenvalue weighted by atomic mass is 79.9. The second-order valence-corrected chi connectivity index (χ2v) is 7.35. The van der Waals surface area contributed by atoms with Crippen molar-refractivity contribution in [3.05, 3.63) is 46.1 Å². The maximum absolute atomic E-state index is 11.5. The Morgan fingerprint density at radius 2 is 2.05 bits per heavy atom. The fourth-order valence-corrected chi connectivity index (χ4v) is 2.70. The molecule has 2 aromatic rings.